The maximum Gasteiger partial charge on any atom is 0.336 e. The number of aromatic carboxylic acids is 1. The number of hydrogen-bond donors (Lipinski definition) is 3. The Morgan fingerprint density at radius 2 is 1.51 bits per heavy atom. The van der Waals surface area contributed by atoms with Crippen LogP contribution < -0.4 is 15.4 Å². The zero-order chi connectivity index (χ0) is 24.8. The number of rotatable bonds is 8. The molecule has 7 nitrogen and oxygen atoms in total. The Bertz CT molecular complexity index is 1400. The van der Waals surface area contributed by atoms with Crippen LogP contribution in [0.4, 0.5) is 11.4 Å². The van der Waals surface area contributed by atoms with E-state index in [1.165, 1.54) is 17.8 Å². The van der Waals surface area contributed by atoms with Crippen molar-refractivity contribution in [2.24, 2.45) is 0 Å². The lowest BCUT2D eigenvalue weighted by molar-refractivity contribution is -0.113. The Kier molecular flexibility index (Phi) is 7.32. The molecule has 0 unspecified atom stereocenters. The Hall–Kier alpha value is -4.30. The van der Waals surface area contributed by atoms with Crippen molar-refractivity contribution in [2.45, 2.75) is 4.90 Å². The van der Waals surface area contributed by atoms with Gasteiger partial charge in [-0.3, -0.25) is 9.59 Å². The lowest BCUT2D eigenvalue weighted by atomic mass is 9.98. The molecule has 3 N–H and O–H groups in total. The standard InChI is InChI=1S/C27H22N2O5S/c1-34-20-13-11-18(12-14-20)28-24(30)16-35-21-8-4-7-19(15-21)29-26(31)22-9-2-5-17-6-3-10-23(25(17)22)27(32)33/h2-15H,16H2,1H3,(H,28,30)(H,29,31)(H,32,33). The fourth-order valence-electron chi connectivity index (χ4n) is 3.59. The van der Waals surface area contributed by atoms with Crippen molar-refractivity contribution >= 4 is 51.7 Å². The third kappa shape index (κ3) is 5.80. The topological polar surface area (TPSA) is 105 Å². The van der Waals surface area contributed by atoms with Crippen LogP contribution in [0, 0.1) is 0 Å². The minimum atomic E-state index is -1.10. The normalized spacial score (nSPS) is 10.5. The maximum absolute atomic E-state index is 13.0. The van der Waals surface area contributed by atoms with Crippen LogP contribution in [0.1, 0.15) is 20.7 Å². The van der Waals surface area contributed by atoms with Crippen molar-refractivity contribution in [2.75, 3.05) is 23.5 Å². The van der Waals surface area contributed by atoms with Gasteiger partial charge < -0.3 is 20.5 Å². The number of carboxylic acids is 1. The van der Waals surface area contributed by atoms with Crippen molar-refractivity contribution in [1.82, 2.24) is 0 Å². The van der Waals surface area contributed by atoms with E-state index in [1.54, 1.807) is 79.9 Å². The molecule has 8 heteroatoms. The Morgan fingerprint density at radius 3 is 2.20 bits per heavy atom. The smallest absolute Gasteiger partial charge is 0.336 e. The number of ether oxygens (including phenoxy) is 1. The number of amides is 2. The maximum atomic E-state index is 13.0. The van der Waals surface area contributed by atoms with Crippen LogP contribution in [-0.4, -0.2) is 35.8 Å². The minimum Gasteiger partial charge on any atom is -0.497 e. The molecule has 0 saturated heterocycles. The highest BCUT2D eigenvalue weighted by Gasteiger charge is 2.17. The third-order valence-corrected chi connectivity index (χ3v) is 6.21. The number of methoxy groups -OCH3 is 1. The van der Waals surface area contributed by atoms with Crippen LogP contribution in [0.3, 0.4) is 0 Å². The van der Waals surface area contributed by atoms with Gasteiger partial charge in [-0.05, 0) is 60.0 Å². The lowest BCUT2D eigenvalue weighted by Gasteiger charge is -2.11. The summed E-state index contributed by atoms with van der Waals surface area (Å²) in [5, 5.41) is 16.3. The van der Waals surface area contributed by atoms with E-state index in [4.69, 9.17) is 4.74 Å². The summed E-state index contributed by atoms with van der Waals surface area (Å²) in [7, 11) is 1.58. The van der Waals surface area contributed by atoms with Gasteiger partial charge in [-0.2, -0.15) is 0 Å². The van der Waals surface area contributed by atoms with Crippen LogP contribution in [0.25, 0.3) is 10.8 Å². The molecule has 0 heterocycles. The van der Waals surface area contributed by atoms with E-state index in [1.807, 2.05) is 6.07 Å². The SMILES string of the molecule is COc1ccc(NC(=O)CSc2cccc(NC(=O)c3cccc4cccc(C(=O)O)c34)c2)cc1. The second-order valence-corrected chi connectivity index (χ2v) is 8.61. The molecule has 0 bridgehead atoms. The summed E-state index contributed by atoms with van der Waals surface area (Å²) < 4.78 is 5.11. The molecule has 2 amide bonds. The molecule has 4 aromatic rings. The molecule has 0 spiro atoms. The van der Waals surface area contributed by atoms with Gasteiger partial charge in [-0.1, -0.05) is 30.3 Å². The monoisotopic (exact) mass is 486 g/mol. The number of anilines is 2. The highest BCUT2D eigenvalue weighted by atomic mass is 32.2. The van der Waals surface area contributed by atoms with Crippen molar-refractivity contribution in [1.29, 1.82) is 0 Å². The minimum absolute atomic E-state index is 0.0698. The molecule has 176 valence electrons. The molecule has 0 aliphatic carbocycles. The van der Waals surface area contributed by atoms with Crippen LogP contribution in [-0.2, 0) is 4.79 Å². The van der Waals surface area contributed by atoms with Crippen molar-refractivity contribution in [3.8, 4) is 5.75 Å². The average molecular weight is 487 g/mol. The van der Waals surface area contributed by atoms with Crippen LogP contribution in [0.2, 0.25) is 0 Å². The summed E-state index contributed by atoms with van der Waals surface area (Å²) in [6.07, 6.45) is 0. The van der Waals surface area contributed by atoms with Gasteiger partial charge in [-0.15, -0.1) is 11.8 Å². The molecule has 4 aromatic carbocycles. The van der Waals surface area contributed by atoms with Gasteiger partial charge in [0.15, 0.2) is 0 Å². The van der Waals surface area contributed by atoms with Gasteiger partial charge >= 0.3 is 5.97 Å². The average Bonchev–Trinajstić information content (AvgIpc) is 2.87. The van der Waals surface area contributed by atoms with Crippen LogP contribution in [0.5, 0.6) is 5.75 Å². The van der Waals surface area contributed by atoms with E-state index < -0.39 is 11.9 Å². The molecule has 0 radical (unpaired) electrons. The fraction of sp³-hybridized carbons (Fsp3) is 0.0741. The summed E-state index contributed by atoms with van der Waals surface area (Å²) >= 11 is 1.34. The molecule has 0 aromatic heterocycles. The zero-order valence-electron chi connectivity index (χ0n) is 18.8. The van der Waals surface area contributed by atoms with Crippen LogP contribution >= 0.6 is 11.8 Å². The highest BCUT2D eigenvalue weighted by Crippen LogP contribution is 2.26. The number of carboxylic acid groups (broad SMARTS) is 1. The molecular weight excluding hydrogens is 464 g/mol. The van der Waals surface area contributed by atoms with E-state index in [9.17, 15) is 19.5 Å². The van der Waals surface area contributed by atoms with Gasteiger partial charge in [0.05, 0.1) is 18.4 Å². The number of hydrogen-bond acceptors (Lipinski definition) is 5. The number of carbonyl (C=O) groups excluding carboxylic acids is 2. The summed E-state index contributed by atoms with van der Waals surface area (Å²) in [6, 6.07) is 24.2. The van der Waals surface area contributed by atoms with E-state index in [-0.39, 0.29) is 22.8 Å². The first-order chi connectivity index (χ1) is 16.9. The molecular formula is C27H22N2O5S. The van der Waals surface area contributed by atoms with E-state index >= 15 is 0 Å². The first kappa shape index (κ1) is 23.8. The molecule has 0 saturated carbocycles. The number of carbonyl (C=O) groups is 3. The predicted octanol–water partition coefficient (Wildman–Crippen LogP) is 5.53. The summed E-state index contributed by atoms with van der Waals surface area (Å²) in [5.74, 6) is -0.773. The van der Waals surface area contributed by atoms with E-state index in [0.717, 1.165) is 4.90 Å². The number of fused-ring (bicyclic) bond motifs is 1. The second-order valence-electron chi connectivity index (χ2n) is 7.56. The first-order valence-corrected chi connectivity index (χ1v) is 11.7. The molecule has 4 rings (SSSR count). The van der Waals surface area contributed by atoms with Crippen LogP contribution in [0.15, 0.2) is 89.8 Å². The first-order valence-electron chi connectivity index (χ1n) is 10.7. The second kappa shape index (κ2) is 10.8. The number of thioether (sulfide) groups is 1. The molecule has 0 fully saturated rings. The van der Waals surface area contributed by atoms with Gasteiger partial charge in [0.1, 0.15) is 5.75 Å². The van der Waals surface area contributed by atoms with Gasteiger partial charge in [0.2, 0.25) is 5.91 Å². The quantitative estimate of drug-likeness (QED) is 0.283. The van der Waals surface area contributed by atoms with Crippen molar-refractivity contribution < 1.29 is 24.2 Å². The Morgan fingerprint density at radius 1 is 0.829 bits per heavy atom. The molecule has 0 aliphatic rings. The Balaban J connectivity index is 1.43. The Labute approximate surface area is 206 Å². The molecule has 0 aliphatic heterocycles. The number of benzene rings is 4. The van der Waals surface area contributed by atoms with E-state index in [2.05, 4.69) is 10.6 Å². The van der Waals surface area contributed by atoms with Crippen molar-refractivity contribution in [3.63, 3.8) is 0 Å². The van der Waals surface area contributed by atoms with Gasteiger partial charge in [0, 0.05) is 27.2 Å². The molecule has 0 atom stereocenters. The summed E-state index contributed by atoms with van der Waals surface area (Å²) in [6.45, 7) is 0. The summed E-state index contributed by atoms with van der Waals surface area (Å²) in [4.78, 5) is 37.9. The largest absolute Gasteiger partial charge is 0.497 e. The van der Waals surface area contributed by atoms with Crippen molar-refractivity contribution in [3.05, 3.63) is 96.1 Å². The lowest BCUT2D eigenvalue weighted by Crippen LogP contribution is -2.14. The summed E-state index contributed by atoms with van der Waals surface area (Å²) in [5.41, 5.74) is 1.56. The number of nitrogens with one attached hydrogen (secondary N) is 2. The highest BCUT2D eigenvalue weighted by molar-refractivity contribution is 8.00. The third-order valence-electron chi connectivity index (χ3n) is 5.22. The predicted molar refractivity (Wildman–Crippen MR) is 138 cm³/mol. The zero-order valence-corrected chi connectivity index (χ0v) is 19.6. The van der Waals surface area contributed by atoms with E-state index in [0.29, 0.717) is 27.9 Å². The van der Waals surface area contributed by atoms with Gasteiger partial charge in [0.25, 0.3) is 5.91 Å². The molecule has 35 heavy (non-hydrogen) atoms. The van der Waals surface area contributed by atoms with Gasteiger partial charge in [-0.25, -0.2) is 4.79 Å². The fourth-order valence-corrected chi connectivity index (χ4v) is 4.35.